The van der Waals surface area contributed by atoms with Crippen molar-refractivity contribution in [1.29, 1.82) is 0 Å². The van der Waals surface area contributed by atoms with E-state index in [-0.39, 0.29) is 17.7 Å². The molecule has 25 heavy (non-hydrogen) atoms. The van der Waals surface area contributed by atoms with Gasteiger partial charge in [-0.1, -0.05) is 19.8 Å². The lowest BCUT2D eigenvalue weighted by Gasteiger charge is -2.22. The molecule has 1 aromatic heterocycles. The van der Waals surface area contributed by atoms with Crippen LogP contribution in [-0.2, 0) is 16.1 Å². The summed E-state index contributed by atoms with van der Waals surface area (Å²) in [6.45, 7) is 8.09. The average Bonchev–Trinajstić information content (AvgIpc) is 2.97. The van der Waals surface area contributed by atoms with Gasteiger partial charge in [0.1, 0.15) is 18.0 Å². The molecule has 0 aliphatic heterocycles. The Kier molecular flexibility index (Phi) is 8.48. The zero-order chi connectivity index (χ0) is 18.9. The van der Waals surface area contributed by atoms with Crippen LogP contribution in [0, 0.1) is 0 Å². The summed E-state index contributed by atoms with van der Waals surface area (Å²) in [5.74, 6) is 0.505. The first kappa shape index (κ1) is 21.0. The van der Waals surface area contributed by atoms with Crippen LogP contribution in [0.25, 0.3) is 0 Å². The Hall–Kier alpha value is -2.02. The minimum Gasteiger partial charge on any atom is -0.453 e. The number of ether oxygens (including phenoxy) is 2. The topological polar surface area (TPSA) is 89.8 Å². The molecule has 0 fully saturated rings. The van der Waals surface area contributed by atoms with Crippen LogP contribution in [0.3, 0.4) is 0 Å². The maximum atomic E-state index is 12.3. The molecule has 2 N–H and O–H groups in total. The van der Waals surface area contributed by atoms with E-state index in [9.17, 15) is 9.59 Å². The van der Waals surface area contributed by atoms with Crippen molar-refractivity contribution in [2.75, 3.05) is 13.7 Å². The van der Waals surface area contributed by atoms with E-state index in [1.165, 1.54) is 0 Å². The molecule has 1 atom stereocenters. The Morgan fingerprint density at radius 2 is 2.00 bits per heavy atom. The van der Waals surface area contributed by atoms with Gasteiger partial charge >= 0.3 is 6.09 Å². The van der Waals surface area contributed by atoms with Crippen LogP contribution in [0.15, 0.2) is 16.5 Å². The van der Waals surface area contributed by atoms with Crippen LogP contribution < -0.4 is 10.6 Å². The van der Waals surface area contributed by atoms with Crippen molar-refractivity contribution in [3.63, 3.8) is 0 Å². The van der Waals surface area contributed by atoms with Crippen molar-refractivity contribution in [3.05, 3.63) is 23.7 Å². The van der Waals surface area contributed by atoms with Gasteiger partial charge in [0.05, 0.1) is 0 Å². The number of furan rings is 1. The first-order valence-electron chi connectivity index (χ1n) is 8.60. The van der Waals surface area contributed by atoms with E-state index >= 15 is 0 Å². The quantitative estimate of drug-likeness (QED) is 0.710. The van der Waals surface area contributed by atoms with E-state index < -0.39 is 11.7 Å². The van der Waals surface area contributed by atoms with Crippen molar-refractivity contribution in [2.24, 2.45) is 0 Å². The highest BCUT2D eigenvalue weighted by Gasteiger charge is 2.20. The summed E-state index contributed by atoms with van der Waals surface area (Å²) >= 11 is 0. The summed E-state index contributed by atoms with van der Waals surface area (Å²) in [5, 5.41) is 5.60. The third kappa shape index (κ3) is 8.58. The minimum atomic E-state index is -0.557. The molecule has 2 amide bonds. The number of methoxy groups -OCH3 is 1. The number of hydrogen-bond acceptors (Lipinski definition) is 5. The number of rotatable bonds is 9. The molecule has 0 aliphatic rings. The molecule has 7 nitrogen and oxygen atoms in total. The Morgan fingerprint density at radius 3 is 2.60 bits per heavy atom. The van der Waals surface area contributed by atoms with Gasteiger partial charge in [0.2, 0.25) is 0 Å². The number of carbonyl (C=O) groups excluding carboxylic acids is 2. The van der Waals surface area contributed by atoms with Crippen LogP contribution in [-0.4, -0.2) is 37.3 Å². The summed E-state index contributed by atoms with van der Waals surface area (Å²) in [7, 11) is 1.56. The average molecular weight is 354 g/mol. The van der Waals surface area contributed by atoms with Crippen molar-refractivity contribution in [3.8, 4) is 0 Å². The van der Waals surface area contributed by atoms with Crippen LogP contribution in [0.1, 0.15) is 63.3 Å². The minimum absolute atomic E-state index is 0.198. The van der Waals surface area contributed by atoms with Gasteiger partial charge < -0.3 is 24.5 Å². The molecular weight excluding hydrogens is 324 g/mol. The molecule has 1 heterocycles. The first-order chi connectivity index (χ1) is 11.7. The molecule has 0 radical (unpaired) electrons. The standard InChI is InChI=1S/C18H30N2O5/c1-6-7-8-13(11-19-17(22)25-18(2,3)4)20-16(21)15-10-9-14(24-15)12-23-5/h9-10,13H,6-8,11-12H2,1-5H3,(H,19,22)(H,20,21). The van der Waals surface area contributed by atoms with Crippen LogP contribution >= 0.6 is 0 Å². The molecular formula is C18H30N2O5. The molecule has 7 heteroatoms. The fourth-order valence-corrected chi connectivity index (χ4v) is 2.17. The van der Waals surface area contributed by atoms with Gasteiger partial charge in [-0.05, 0) is 39.3 Å². The fraction of sp³-hybridized carbons (Fsp3) is 0.667. The largest absolute Gasteiger partial charge is 0.453 e. The lowest BCUT2D eigenvalue weighted by atomic mass is 10.1. The van der Waals surface area contributed by atoms with Gasteiger partial charge in [0.15, 0.2) is 5.76 Å². The van der Waals surface area contributed by atoms with Crippen molar-refractivity contribution in [1.82, 2.24) is 10.6 Å². The normalized spacial score (nSPS) is 12.5. The molecule has 0 aromatic carbocycles. The molecule has 1 aromatic rings. The zero-order valence-corrected chi connectivity index (χ0v) is 15.8. The molecule has 0 saturated heterocycles. The highest BCUT2D eigenvalue weighted by atomic mass is 16.6. The predicted octanol–water partition coefficient (Wildman–Crippen LogP) is 3.24. The third-order valence-electron chi connectivity index (χ3n) is 3.31. The van der Waals surface area contributed by atoms with Crippen LogP contribution in [0.2, 0.25) is 0 Å². The highest BCUT2D eigenvalue weighted by molar-refractivity contribution is 5.91. The second-order valence-corrected chi connectivity index (χ2v) is 6.89. The van der Waals surface area contributed by atoms with Gasteiger partial charge in [0, 0.05) is 19.7 Å². The Labute approximate surface area is 149 Å². The Balaban J connectivity index is 2.58. The summed E-state index contributed by atoms with van der Waals surface area (Å²) in [5.41, 5.74) is -0.557. The molecule has 0 bridgehead atoms. The molecule has 0 saturated carbocycles. The second-order valence-electron chi connectivity index (χ2n) is 6.89. The predicted molar refractivity (Wildman–Crippen MR) is 94.4 cm³/mol. The van der Waals surface area contributed by atoms with Gasteiger partial charge in [-0.25, -0.2) is 4.79 Å². The number of amides is 2. The second kappa shape index (κ2) is 10.1. The molecule has 142 valence electrons. The maximum absolute atomic E-state index is 12.3. The Morgan fingerprint density at radius 1 is 1.28 bits per heavy atom. The first-order valence-corrected chi connectivity index (χ1v) is 8.60. The lowest BCUT2D eigenvalue weighted by molar-refractivity contribution is 0.0518. The van der Waals surface area contributed by atoms with Gasteiger partial charge in [0.25, 0.3) is 5.91 Å². The van der Waals surface area contributed by atoms with E-state index in [0.29, 0.717) is 18.9 Å². The lowest BCUT2D eigenvalue weighted by Crippen LogP contribution is -2.44. The Bertz CT molecular complexity index is 548. The highest BCUT2D eigenvalue weighted by Crippen LogP contribution is 2.10. The number of carbonyl (C=O) groups is 2. The maximum Gasteiger partial charge on any atom is 0.407 e. The number of hydrogen-bond donors (Lipinski definition) is 2. The van der Waals surface area contributed by atoms with E-state index in [4.69, 9.17) is 13.9 Å². The number of nitrogens with one attached hydrogen (secondary N) is 2. The van der Waals surface area contributed by atoms with Crippen molar-refractivity contribution >= 4 is 12.0 Å². The summed E-state index contributed by atoms with van der Waals surface area (Å²) < 4.78 is 15.6. The summed E-state index contributed by atoms with van der Waals surface area (Å²) in [6, 6.07) is 3.12. The molecule has 1 rings (SSSR count). The van der Waals surface area contributed by atoms with Crippen molar-refractivity contribution in [2.45, 2.75) is 65.2 Å². The van der Waals surface area contributed by atoms with Gasteiger partial charge in [-0.15, -0.1) is 0 Å². The van der Waals surface area contributed by atoms with Gasteiger partial charge in [-0.3, -0.25) is 4.79 Å². The monoisotopic (exact) mass is 354 g/mol. The fourth-order valence-electron chi connectivity index (χ4n) is 2.17. The van der Waals surface area contributed by atoms with E-state index in [2.05, 4.69) is 17.6 Å². The summed E-state index contributed by atoms with van der Waals surface area (Å²) in [4.78, 5) is 24.1. The SMILES string of the molecule is CCCCC(CNC(=O)OC(C)(C)C)NC(=O)c1ccc(COC)o1. The van der Waals surface area contributed by atoms with Crippen molar-refractivity contribution < 1.29 is 23.5 Å². The van der Waals surface area contributed by atoms with E-state index in [0.717, 1.165) is 19.3 Å². The van der Waals surface area contributed by atoms with E-state index in [1.807, 2.05) is 0 Å². The number of unbranched alkanes of at least 4 members (excludes halogenated alkanes) is 1. The van der Waals surface area contributed by atoms with Crippen LogP contribution in [0.5, 0.6) is 0 Å². The smallest absolute Gasteiger partial charge is 0.407 e. The van der Waals surface area contributed by atoms with E-state index in [1.54, 1.807) is 40.0 Å². The molecule has 0 spiro atoms. The van der Waals surface area contributed by atoms with Gasteiger partial charge in [-0.2, -0.15) is 0 Å². The third-order valence-corrected chi connectivity index (χ3v) is 3.31. The zero-order valence-electron chi connectivity index (χ0n) is 15.8. The number of alkyl carbamates (subject to hydrolysis) is 1. The molecule has 1 unspecified atom stereocenters. The van der Waals surface area contributed by atoms with Crippen LogP contribution in [0.4, 0.5) is 4.79 Å². The summed E-state index contributed by atoms with van der Waals surface area (Å²) in [6.07, 6.45) is 2.19. The molecule has 0 aliphatic carbocycles.